The zero-order valence-corrected chi connectivity index (χ0v) is 9.81. The van der Waals surface area contributed by atoms with E-state index in [2.05, 4.69) is 15.0 Å². The molecule has 1 fully saturated rings. The van der Waals surface area contributed by atoms with Crippen molar-refractivity contribution in [2.24, 2.45) is 5.73 Å². The zero-order chi connectivity index (χ0) is 12.5. The Morgan fingerprint density at radius 3 is 2.83 bits per heavy atom. The molecule has 0 atom stereocenters. The van der Waals surface area contributed by atoms with Gasteiger partial charge >= 0.3 is 0 Å². The Balaban J connectivity index is 2.05. The highest BCUT2D eigenvalue weighted by molar-refractivity contribution is 5.59. The van der Waals surface area contributed by atoms with Crippen LogP contribution in [0.1, 0.15) is 30.1 Å². The van der Waals surface area contributed by atoms with Gasteiger partial charge in [0.15, 0.2) is 5.82 Å². The van der Waals surface area contributed by atoms with Gasteiger partial charge in [-0.25, -0.2) is 14.4 Å². The lowest BCUT2D eigenvalue weighted by Gasteiger charge is -2.05. The van der Waals surface area contributed by atoms with Crippen LogP contribution < -0.4 is 5.73 Å². The zero-order valence-electron chi connectivity index (χ0n) is 9.81. The van der Waals surface area contributed by atoms with Gasteiger partial charge in [0.25, 0.3) is 0 Å². The van der Waals surface area contributed by atoms with Crippen LogP contribution in [0, 0.1) is 5.82 Å². The molecule has 0 aliphatic heterocycles. The highest BCUT2D eigenvalue weighted by Crippen LogP contribution is 2.40. The Bertz CT molecular complexity index is 581. The van der Waals surface area contributed by atoms with Gasteiger partial charge in [0.2, 0.25) is 0 Å². The maximum absolute atomic E-state index is 13.7. The maximum Gasteiger partial charge on any atom is 0.167 e. The van der Waals surface area contributed by atoms with E-state index in [1.165, 1.54) is 12.8 Å². The molecule has 1 aliphatic carbocycles. The van der Waals surface area contributed by atoms with Crippen LogP contribution in [0.25, 0.3) is 11.3 Å². The number of aromatic nitrogens is 3. The molecule has 0 saturated heterocycles. The molecule has 0 bridgehead atoms. The first-order valence-electron chi connectivity index (χ1n) is 5.94. The van der Waals surface area contributed by atoms with Gasteiger partial charge < -0.3 is 5.73 Å². The quantitative estimate of drug-likeness (QED) is 0.897. The van der Waals surface area contributed by atoms with Gasteiger partial charge in [-0.1, -0.05) is 0 Å². The van der Waals surface area contributed by atoms with Gasteiger partial charge in [0.05, 0.1) is 12.7 Å². The predicted molar refractivity (Wildman–Crippen MR) is 65.1 cm³/mol. The molecule has 92 valence electrons. The molecule has 0 spiro atoms. The second kappa shape index (κ2) is 4.42. The SMILES string of the molecule is NCc1ncc(F)c(-c2cncc(C3CC3)c2)n1. The number of hydrogen-bond acceptors (Lipinski definition) is 4. The van der Waals surface area contributed by atoms with Crippen LogP contribution in [-0.2, 0) is 6.54 Å². The molecule has 2 heterocycles. The van der Waals surface area contributed by atoms with Crippen molar-refractivity contribution in [2.75, 3.05) is 0 Å². The van der Waals surface area contributed by atoms with E-state index in [4.69, 9.17) is 5.73 Å². The lowest BCUT2D eigenvalue weighted by molar-refractivity contribution is 0.613. The lowest BCUT2D eigenvalue weighted by Crippen LogP contribution is -2.05. The molecule has 0 amide bonds. The lowest BCUT2D eigenvalue weighted by atomic mass is 10.1. The number of hydrogen-bond donors (Lipinski definition) is 1. The van der Waals surface area contributed by atoms with Crippen molar-refractivity contribution in [3.8, 4) is 11.3 Å². The Morgan fingerprint density at radius 1 is 1.28 bits per heavy atom. The van der Waals surface area contributed by atoms with Gasteiger partial charge in [-0.2, -0.15) is 0 Å². The minimum atomic E-state index is -0.443. The first-order valence-corrected chi connectivity index (χ1v) is 5.94. The molecule has 0 aromatic carbocycles. The van der Waals surface area contributed by atoms with Crippen molar-refractivity contribution in [1.29, 1.82) is 0 Å². The molecule has 2 aromatic heterocycles. The average molecular weight is 244 g/mol. The Hall–Kier alpha value is -1.88. The van der Waals surface area contributed by atoms with E-state index < -0.39 is 5.82 Å². The standard InChI is InChI=1S/C13H13FN4/c14-11-7-17-12(4-15)18-13(11)10-3-9(5-16-6-10)8-1-2-8/h3,5-8H,1-2,4,15H2. The number of nitrogens with zero attached hydrogens (tertiary/aromatic N) is 3. The molecule has 18 heavy (non-hydrogen) atoms. The molecular weight excluding hydrogens is 231 g/mol. The predicted octanol–water partition coefficient (Wildman–Crippen LogP) is 2.01. The summed E-state index contributed by atoms with van der Waals surface area (Å²) in [5.41, 5.74) is 7.59. The van der Waals surface area contributed by atoms with Gasteiger partial charge in [-0.3, -0.25) is 4.98 Å². The van der Waals surface area contributed by atoms with E-state index in [9.17, 15) is 4.39 Å². The summed E-state index contributed by atoms with van der Waals surface area (Å²) in [5, 5.41) is 0. The molecule has 4 nitrogen and oxygen atoms in total. The van der Waals surface area contributed by atoms with Crippen LogP contribution in [0.2, 0.25) is 0 Å². The summed E-state index contributed by atoms with van der Waals surface area (Å²) in [4.78, 5) is 12.1. The third kappa shape index (κ3) is 2.09. The van der Waals surface area contributed by atoms with Crippen LogP contribution in [0.15, 0.2) is 24.7 Å². The summed E-state index contributed by atoms with van der Waals surface area (Å²) in [6, 6.07) is 1.95. The fraction of sp³-hybridized carbons (Fsp3) is 0.308. The maximum atomic E-state index is 13.7. The average Bonchev–Trinajstić information content (AvgIpc) is 3.24. The molecular formula is C13H13FN4. The summed E-state index contributed by atoms with van der Waals surface area (Å²) in [5.74, 6) is 0.571. The van der Waals surface area contributed by atoms with Gasteiger partial charge in [-0.15, -0.1) is 0 Å². The monoisotopic (exact) mass is 244 g/mol. The third-order valence-electron chi connectivity index (χ3n) is 3.06. The molecule has 0 unspecified atom stereocenters. The fourth-order valence-electron chi connectivity index (χ4n) is 1.93. The van der Waals surface area contributed by atoms with Gasteiger partial charge in [-0.05, 0) is 30.4 Å². The first kappa shape index (κ1) is 11.2. The smallest absolute Gasteiger partial charge is 0.167 e. The number of halogens is 1. The van der Waals surface area contributed by atoms with E-state index in [0.29, 0.717) is 17.3 Å². The first-order chi connectivity index (χ1) is 8.78. The summed E-state index contributed by atoms with van der Waals surface area (Å²) in [6.45, 7) is 0.197. The minimum Gasteiger partial charge on any atom is -0.324 e. The van der Waals surface area contributed by atoms with Crippen LogP contribution in [0.3, 0.4) is 0 Å². The second-order valence-corrected chi connectivity index (χ2v) is 4.47. The number of nitrogens with two attached hydrogens (primary N) is 1. The summed E-state index contributed by atoms with van der Waals surface area (Å²) < 4.78 is 13.7. The van der Waals surface area contributed by atoms with Crippen LogP contribution in [-0.4, -0.2) is 15.0 Å². The molecule has 1 aliphatic rings. The highest BCUT2D eigenvalue weighted by Gasteiger charge is 2.24. The Morgan fingerprint density at radius 2 is 2.11 bits per heavy atom. The number of pyridine rings is 1. The fourth-order valence-corrected chi connectivity index (χ4v) is 1.93. The molecule has 2 aromatic rings. The largest absolute Gasteiger partial charge is 0.324 e. The van der Waals surface area contributed by atoms with Crippen LogP contribution in [0.4, 0.5) is 4.39 Å². The molecule has 1 saturated carbocycles. The topological polar surface area (TPSA) is 64.7 Å². The molecule has 3 rings (SSSR count). The van der Waals surface area contributed by atoms with Crippen LogP contribution in [0.5, 0.6) is 0 Å². The van der Waals surface area contributed by atoms with Crippen molar-refractivity contribution in [3.63, 3.8) is 0 Å². The minimum absolute atomic E-state index is 0.197. The van der Waals surface area contributed by atoms with Gasteiger partial charge in [0, 0.05) is 18.0 Å². The Kier molecular flexibility index (Phi) is 2.76. The number of rotatable bonds is 3. The normalized spacial score (nSPS) is 14.8. The molecule has 0 radical (unpaired) electrons. The van der Waals surface area contributed by atoms with E-state index in [1.54, 1.807) is 6.20 Å². The van der Waals surface area contributed by atoms with Crippen LogP contribution >= 0.6 is 0 Å². The van der Waals surface area contributed by atoms with Crippen molar-refractivity contribution in [1.82, 2.24) is 15.0 Å². The molecule has 5 heteroatoms. The summed E-state index contributed by atoms with van der Waals surface area (Å²) >= 11 is 0. The highest BCUT2D eigenvalue weighted by atomic mass is 19.1. The van der Waals surface area contributed by atoms with E-state index >= 15 is 0 Å². The summed E-state index contributed by atoms with van der Waals surface area (Å²) in [7, 11) is 0. The van der Waals surface area contributed by atoms with E-state index in [0.717, 1.165) is 11.8 Å². The summed E-state index contributed by atoms with van der Waals surface area (Å²) in [6.07, 6.45) is 6.99. The molecule has 2 N–H and O–H groups in total. The van der Waals surface area contributed by atoms with Crippen molar-refractivity contribution >= 4 is 0 Å². The second-order valence-electron chi connectivity index (χ2n) is 4.47. The third-order valence-corrected chi connectivity index (χ3v) is 3.06. The van der Waals surface area contributed by atoms with Crippen molar-refractivity contribution in [2.45, 2.75) is 25.3 Å². The van der Waals surface area contributed by atoms with Crippen molar-refractivity contribution in [3.05, 3.63) is 41.9 Å². The van der Waals surface area contributed by atoms with Gasteiger partial charge in [0.1, 0.15) is 11.5 Å². The van der Waals surface area contributed by atoms with E-state index in [-0.39, 0.29) is 12.2 Å². The van der Waals surface area contributed by atoms with Crippen molar-refractivity contribution < 1.29 is 4.39 Å². The Labute approximate surface area is 104 Å². The van der Waals surface area contributed by atoms with E-state index in [1.807, 2.05) is 12.3 Å².